The van der Waals surface area contributed by atoms with Gasteiger partial charge < -0.3 is 14.7 Å². The fourth-order valence-electron chi connectivity index (χ4n) is 2.22. The van der Waals surface area contributed by atoms with Crippen molar-refractivity contribution in [2.75, 3.05) is 19.8 Å². The molecule has 1 aliphatic rings. The summed E-state index contributed by atoms with van der Waals surface area (Å²) in [5.74, 6) is -0.940. The fraction of sp³-hybridized carbons (Fsp3) is 0.833. The summed E-state index contributed by atoms with van der Waals surface area (Å²) in [6.07, 6.45) is 1.74. The molecule has 0 aromatic rings. The molecule has 2 unspecified atom stereocenters. The summed E-state index contributed by atoms with van der Waals surface area (Å²) in [7, 11) is 0. The lowest BCUT2D eigenvalue weighted by Gasteiger charge is -2.32. The normalized spacial score (nSPS) is 21.9. The fourth-order valence-corrected chi connectivity index (χ4v) is 2.22. The van der Waals surface area contributed by atoms with E-state index in [4.69, 9.17) is 9.84 Å². The summed E-state index contributed by atoms with van der Waals surface area (Å²) in [5, 5.41) is 8.76. The second-order valence-corrected chi connectivity index (χ2v) is 4.49. The highest BCUT2D eigenvalue weighted by molar-refractivity contribution is 5.80. The summed E-state index contributed by atoms with van der Waals surface area (Å²) in [4.78, 5) is 24.5. The van der Waals surface area contributed by atoms with Crippen LogP contribution in [-0.2, 0) is 14.3 Å². The van der Waals surface area contributed by atoms with E-state index in [2.05, 4.69) is 0 Å². The minimum absolute atomic E-state index is 0.00679. The van der Waals surface area contributed by atoms with Gasteiger partial charge in [0.2, 0.25) is 5.91 Å². The van der Waals surface area contributed by atoms with E-state index >= 15 is 0 Å². The van der Waals surface area contributed by atoms with Crippen molar-refractivity contribution in [2.45, 2.75) is 39.2 Å². The molecule has 0 aliphatic carbocycles. The van der Waals surface area contributed by atoms with E-state index in [1.807, 2.05) is 6.92 Å². The van der Waals surface area contributed by atoms with Crippen LogP contribution in [0.25, 0.3) is 0 Å². The SMILES string of the molecule is CCN(C(=O)C1CCCOC1)C(C)CC(=O)O. The molecule has 1 heterocycles. The zero-order valence-electron chi connectivity index (χ0n) is 10.5. The second-order valence-electron chi connectivity index (χ2n) is 4.49. The van der Waals surface area contributed by atoms with Gasteiger partial charge in [0.25, 0.3) is 0 Å². The molecule has 0 spiro atoms. The largest absolute Gasteiger partial charge is 0.481 e. The van der Waals surface area contributed by atoms with Crippen LogP contribution in [-0.4, -0.2) is 47.7 Å². The lowest BCUT2D eigenvalue weighted by atomic mass is 9.99. The summed E-state index contributed by atoms with van der Waals surface area (Å²) in [5.41, 5.74) is 0. The molecule has 1 N–H and O–H groups in total. The topological polar surface area (TPSA) is 66.8 Å². The average molecular weight is 243 g/mol. The summed E-state index contributed by atoms with van der Waals surface area (Å²) in [6.45, 7) is 5.39. The quantitative estimate of drug-likeness (QED) is 0.786. The molecule has 0 aromatic carbocycles. The monoisotopic (exact) mass is 243 g/mol. The molecule has 0 bridgehead atoms. The smallest absolute Gasteiger partial charge is 0.305 e. The lowest BCUT2D eigenvalue weighted by molar-refractivity contribution is -0.144. The Hall–Kier alpha value is -1.10. The Bertz CT molecular complexity index is 274. The molecule has 1 fully saturated rings. The number of carboxylic acid groups (broad SMARTS) is 1. The van der Waals surface area contributed by atoms with Crippen LogP contribution in [0.2, 0.25) is 0 Å². The van der Waals surface area contributed by atoms with Gasteiger partial charge in [0, 0.05) is 19.2 Å². The Balaban J connectivity index is 2.58. The van der Waals surface area contributed by atoms with Gasteiger partial charge in [-0.25, -0.2) is 0 Å². The van der Waals surface area contributed by atoms with Crippen molar-refractivity contribution in [1.29, 1.82) is 0 Å². The van der Waals surface area contributed by atoms with Crippen LogP contribution in [0.5, 0.6) is 0 Å². The Morgan fingerprint density at radius 2 is 2.24 bits per heavy atom. The van der Waals surface area contributed by atoms with Crippen molar-refractivity contribution in [3.05, 3.63) is 0 Å². The minimum atomic E-state index is -0.872. The van der Waals surface area contributed by atoms with Gasteiger partial charge in [0.15, 0.2) is 0 Å². The molecule has 1 saturated heterocycles. The molecule has 0 aromatic heterocycles. The van der Waals surface area contributed by atoms with Gasteiger partial charge >= 0.3 is 5.97 Å². The molecular weight excluding hydrogens is 222 g/mol. The third kappa shape index (κ3) is 4.00. The van der Waals surface area contributed by atoms with Crippen LogP contribution < -0.4 is 0 Å². The molecule has 5 nitrogen and oxygen atoms in total. The van der Waals surface area contributed by atoms with E-state index in [1.54, 1.807) is 11.8 Å². The van der Waals surface area contributed by atoms with Gasteiger partial charge in [0.05, 0.1) is 18.9 Å². The highest BCUT2D eigenvalue weighted by atomic mass is 16.5. The minimum Gasteiger partial charge on any atom is -0.481 e. The molecular formula is C12H21NO4. The van der Waals surface area contributed by atoms with Crippen LogP contribution in [0, 0.1) is 5.92 Å². The predicted molar refractivity (Wildman–Crippen MR) is 62.6 cm³/mol. The maximum atomic E-state index is 12.2. The number of carboxylic acids is 1. The first-order valence-corrected chi connectivity index (χ1v) is 6.16. The number of rotatable bonds is 5. The summed E-state index contributed by atoms with van der Waals surface area (Å²) < 4.78 is 5.29. The van der Waals surface area contributed by atoms with E-state index in [0.717, 1.165) is 19.4 Å². The van der Waals surface area contributed by atoms with Crippen LogP contribution >= 0.6 is 0 Å². The number of hydrogen-bond acceptors (Lipinski definition) is 3. The first kappa shape index (κ1) is 14.0. The van der Waals surface area contributed by atoms with E-state index < -0.39 is 5.97 Å². The van der Waals surface area contributed by atoms with Gasteiger partial charge in [-0.2, -0.15) is 0 Å². The highest BCUT2D eigenvalue weighted by Crippen LogP contribution is 2.18. The van der Waals surface area contributed by atoms with Gasteiger partial charge in [-0.15, -0.1) is 0 Å². The zero-order chi connectivity index (χ0) is 12.8. The molecule has 1 rings (SSSR count). The van der Waals surface area contributed by atoms with Crippen molar-refractivity contribution < 1.29 is 19.4 Å². The molecule has 0 radical (unpaired) electrons. The number of aliphatic carboxylic acids is 1. The van der Waals surface area contributed by atoms with Gasteiger partial charge in [-0.05, 0) is 26.7 Å². The van der Waals surface area contributed by atoms with E-state index in [9.17, 15) is 9.59 Å². The van der Waals surface area contributed by atoms with Gasteiger partial charge in [-0.1, -0.05) is 0 Å². The molecule has 2 atom stereocenters. The van der Waals surface area contributed by atoms with Crippen molar-refractivity contribution in [2.24, 2.45) is 5.92 Å². The van der Waals surface area contributed by atoms with Crippen molar-refractivity contribution in [3.8, 4) is 0 Å². The number of nitrogens with zero attached hydrogens (tertiary/aromatic N) is 1. The number of ether oxygens (including phenoxy) is 1. The molecule has 5 heteroatoms. The first-order chi connectivity index (χ1) is 8.06. The molecule has 17 heavy (non-hydrogen) atoms. The Kier molecular flexibility index (Phi) is 5.41. The highest BCUT2D eigenvalue weighted by Gasteiger charge is 2.29. The lowest BCUT2D eigenvalue weighted by Crippen LogP contribution is -2.45. The Labute approximate surface area is 102 Å². The Morgan fingerprint density at radius 1 is 1.53 bits per heavy atom. The summed E-state index contributed by atoms with van der Waals surface area (Å²) >= 11 is 0. The average Bonchev–Trinajstić information content (AvgIpc) is 2.30. The predicted octanol–water partition coefficient (Wildman–Crippen LogP) is 1.12. The summed E-state index contributed by atoms with van der Waals surface area (Å²) in [6, 6.07) is -0.257. The molecule has 1 aliphatic heterocycles. The maximum Gasteiger partial charge on any atom is 0.305 e. The molecule has 0 saturated carbocycles. The molecule has 98 valence electrons. The van der Waals surface area contributed by atoms with Crippen molar-refractivity contribution in [1.82, 2.24) is 4.90 Å². The van der Waals surface area contributed by atoms with E-state index in [0.29, 0.717) is 13.2 Å². The van der Waals surface area contributed by atoms with Crippen LogP contribution in [0.4, 0.5) is 0 Å². The number of carbonyl (C=O) groups is 2. The van der Waals surface area contributed by atoms with Crippen LogP contribution in [0.1, 0.15) is 33.1 Å². The Morgan fingerprint density at radius 3 is 2.71 bits per heavy atom. The number of amides is 1. The van der Waals surface area contributed by atoms with Gasteiger partial charge in [0.1, 0.15) is 0 Å². The van der Waals surface area contributed by atoms with E-state index in [-0.39, 0.29) is 24.3 Å². The van der Waals surface area contributed by atoms with Crippen molar-refractivity contribution in [3.63, 3.8) is 0 Å². The van der Waals surface area contributed by atoms with Crippen molar-refractivity contribution >= 4 is 11.9 Å². The van der Waals surface area contributed by atoms with E-state index in [1.165, 1.54) is 0 Å². The maximum absolute atomic E-state index is 12.2. The third-order valence-electron chi connectivity index (χ3n) is 3.14. The standard InChI is InChI=1S/C12H21NO4/c1-3-13(9(2)7-11(14)15)12(16)10-5-4-6-17-8-10/h9-10H,3-8H2,1-2H3,(H,14,15). The third-order valence-corrected chi connectivity index (χ3v) is 3.14. The first-order valence-electron chi connectivity index (χ1n) is 6.16. The number of carbonyl (C=O) groups excluding carboxylic acids is 1. The van der Waals surface area contributed by atoms with Gasteiger partial charge in [-0.3, -0.25) is 9.59 Å². The van der Waals surface area contributed by atoms with Crippen LogP contribution in [0.3, 0.4) is 0 Å². The van der Waals surface area contributed by atoms with Crippen LogP contribution in [0.15, 0.2) is 0 Å². The zero-order valence-corrected chi connectivity index (χ0v) is 10.5. The number of hydrogen-bond donors (Lipinski definition) is 1. The second kappa shape index (κ2) is 6.59. The molecule has 1 amide bonds.